The highest BCUT2D eigenvalue weighted by Crippen LogP contribution is 2.40. The van der Waals surface area contributed by atoms with E-state index in [0.29, 0.717) is 64.4 Å². The summed E-state index contributed by atoms with van der Waals surface area (Å²) in [5, 5.41) is 3.12. The van der Waals surface area contributed by atoms with Crippen molar-refractivity contribution in [3.8, 4) is 22.8 Å². The average molecular weight is 757 g/mol. The van der Waals surface area contributed by atoms with Gasteiger partial charge in [0.2, 0.25) is 11.9 Å². The van der Waals surface area contributed by atoms with Crippen LogP contribution in [0.25, 0.3) is 11.3 Å². The van der Waals surface area contributed by atoms with Crippen LogP contribution in [0.3, 0.4) is 0 Å². The number of methoxy groups -OCH3 is 2. The molecule has 2 saturated heterocycles. The molecule has 14 heteroatoms. The third-order valence-corrected chi connectivity index (χ3v) is 10.6. The second-order valence-corrected chi connectivity index (χ2v) is 14.3. The number of urea groups is 1. The van der Waals surface area contributed by atoms with Crippen molar-refractivity contribution in [2.45, 2.75) is 19.5 Å². The molecule has 290 valence electrons. The summed E-state index contributed by atoms with van der Waals surface area (Å²) in [4.78, 5) is 44.1. The van der Waals surface area contributed by atoms with E-state index in [2.05, 4.69) is 62.3 Å². The molecule has 3 aromatic carbocycles. The first-order valence-electron chi connectivity index (χ1n) is 19.1. The molecule has 5 heterocycles. The molecule has 0 bridgehead atoms. The minimum absolute atomic E-state index is 0.0775. The highest BCUT2D eigenvalue weighted by atomic mass is 16.5. The largest absolute Gasteiger partial charge is 0.497 e. The van der Waals surface area contributed by atoms with Crippen molar-refractivity contribution in [3.63, 3.8) is 0 Å². The summed E-state index contributed by atoms with van der Waals surface area (Å²) in [6, 6.07) is 24.1. The van der Waals surface area contributed by atoms with E-state index in [4.69, 9.17) is 34.1 Å². The van der Waals surface area contributed by atoms with Crippen LogP contribution in [-0.2, 0) is 24.2 Å². The molecule has 3 aliphatic heterocycles. The van der Waals surface area contributed by atoms with Gasteiger partial charge in [-0.05, 0) is 67.1 Å². The van der Waals surface area contributed by atoms with Crippen LogP contribution in [0, 0.1) is 0 Å². The van der Waals surface area contributed by atoms with E-state index in [1.165, 1.54) is 0 Å². The SMILES string of the molecule is COc1ccc(CN(Cc2ccc(OC)cc2)c2ncc(-c3nc(N4CCOCC4)nc4c3CCN4c3cccc(NC(=O)N4CCN(C)CC4)c3)cn2)cc1. The number of amides is 2. The minimum Gasteiger partial charge on any atom is -0.497 e. The summed E-state index contributed by atoms with van der Waals surface area (Å²) in [6.45, 7) is 7.70. The van der Waals surface area contributed by atoms with Gasteiger partial charge in [-0.2, -0.15) is 4.98 Å². The second-order valence-electron chi connectivity index (χ2n) is 14.3. The maximum Gasteiger partial charge on any atom is 0.321 e. The predicted octanol–water partition coefficient (Wildman–Crippen LogP) is 5.47. The Balaban J connectivity index is 1.09. The summed E-state index contributed by atoms with van der Waals surface area (Å²) in [6.07, 6.45) is 4.50. The fourth-order valence-corrected chi connectivity index (χ4v) is 7.31. The number of anilines is 5. The monoisotopic (exact) mass is 756 g/mol. The van der Waals surface area contributed by atoms with Crippen molar-refractivity contribution in [2.75, 3.05) is 100 Å². The van der Waals surface area contributed by atoms with Crippen LogP contribution >= 0.6 is 0 Å². The van der Waals surface area contributed by atoms with Gasteiger partial charge in [-0.15, -0.1) is 0 Å². The Labute approximate surface area is 327 Å². The number of nitrogens with zero attached hydrogens (tertiary/aromatic N) is 9. The number of hydrogen-bond donors (Lipinski definition) is 1. The zero-order chi connectivity index (χ0) is 38.4. The van der Waals surface area contributed by atoms with Gasteiger partial charge in [0.15, 0.2) is 0 Å². The van der Waals surface area contributed by atoms with Gasteiger partial charge >= 0.3 is 6.03 Å². The number of rotatable bonds is 11. The van der Waals surface area contributed by atoms with Crippen molar-refractivity contribution in [2.24, 2.45) is 0 Å². The lowest BCUT2D eigenvalue weighted by Gasteiger charge is -2.32. The molecule has 56 heavy (non-hydrogen) atoms. The Bertz CT molecular complexity index is 2050. The lowest BCUT2D eigenvalue weighted by molar-refractivity contribution is 0.122. The lowest BCUT2D eigenvalue weighted by atomic mass is 10.1. The Morgan fingerprint density at radius 1 is 0.804 bits per heavy atom. The van der Waals surface area contributed by atoms with Gasteiger partial charge in [0, 0.05) is 93.8 Å². The van der Waals surface area contributed by atoms with Gasteiger partial charge < -0.3 is 44.0 Å². The van der Waals surface area contributed by atoms with E-state index in [1.54, 1.807) is 14.2 Å². The van der Waals surface area contributed by atoms with Crippen LogP contribution in [0.15, 0.2) is 85.2 Å². The summed E-state index contributed by atoms with van der Waals surface area (Å²) in [5.41, 5.74) is 6.61. The van der Waals surface area contributed by atoms with Crippen molar-refractivity contribution in [1.82, 2.24) is 29.7 Å². The van der Waals surface area contributed by atoms with Gasteiger partial charge in [-0.25, -0.2) is 19.7 Å². The smallest absolute Gasteiger partial charge is 0.321 e. The number of hydrogen-bond acceptors (Lipinski definition) is 12. The van der Waals surface area contributed by atoms with Crippen molar-refractivity contribution in [3.05, 3.63) is 102 Å². The molecule has 0 atom stereocenters. The summed E-state index contributed by atoms with van der Waals surface area (Å²) in [7, 11) is 5.42. The number of ether oxygens (including phenoxy) is 3. The van der Waals surface area contributed by atoms with Crippen LogP contribution < -0.4 is 29.5 Å². The highest BCUT2D eigenvalue weighted by molar-refractivity contribution is 5.90. The normalized spacial score (nSPS) is 15.7. The molecule has 0 aliphatic carbocycles. The zero-order valence-electron chi connectivity index (χ0n) is 32.2. The molecule has 8 rings (SSSR count). The number of carbonyl (C=O) groups excluding carboxylic acids is 1. The molecule has 0 spiro atoms. The number of aromatic nitrogens is 4. The van der Waals surface area contributed by atoms with Crippen molar-refractivity contribution in [1.29, 1.82) is 0 Å². The Hall–Kier alpha value is -5.99. The summed E-state index contributed by atoms with van der Waals surface area (Å²) in [5.74, 6) is 3.73. The quantitative estimate of drug-likeness (QED) is 0.184. The summed E-state index contributed by atoms with van der Waals surface area (Å²) >= 11 is 0. The zero-order valence-corrected chi connectivity index (χ0v) is 32.2. The first-order chi connectivity index (χ1) is 27.4. The van der Waals surface area contributed by atoms with E-state index in [9.17, 15) is 4.79 Å². The molecule has 2 aromatic heterocycles. The number of benzene rings is 3. The van der Waals surface area contributed by atoms with Crippen LogP contribution in [0.2, 0.25) is 0 Å². The van der Waals surface area contributed by atoms with E-state index in [1.807, 2.05) is 59.8 Å². The maximum absolute atomic E-state index is 13.1. The van der Waals surface area contributed by atoms with Gasteiger partial charge in [0.1, 0.15) is 17.3 Å². The van der Waals surface area contributed by atoms with E-state index < -0.39 is 0 Å². The molecule has 0 saturated carbocycles. The fraction of sp³-hybridized carbons (Fsp3) is 0.357. The van der Waals surface area contributed by atoms with Gasteiger partial charge in [0.25, 0.3) is 0 Å². The number of carbonyl (C=O) groups is 1. The Morgan fingerprint density at radius 3 is 2.07 bits per heavy atom. The molecule has 0 radical (unpaired) electrons. The highest BCUT2D eigenvalue weighted by Gasteiger charge is 2.30. The van der Waals surface area contributed by atoms with Crippen molar-refractivity contribution < 1.29 is 19.0 Å². The number of nitrogens with one attached hydrogen (secondary N) is 1. The Morgan fingerprint density at radius 2 is 1.45 bits per heavy atom. The summed E-state index contributed by atoms with van der Waals surface area (Å²) < 4.78 is 16.5. The predicted molar refractivity (Wildman–Crippen MR) is 217 cm³/mol. The number of piperazine rings is 1. The van der Waals surface area contributed by atoms with Crippen LogP contribution in [0.4, 0.5) is 33.9 Å². The van der Waals surface area contributed by atoms with Gasteiger partial charge in [-0.1, -0.05) is 30.3 Å². The Kier molecular flexibility index (Phi) is 11.1. The molecule has 2 fully saturated rings. The van der Waals surface area contributed by atoms with E-state index in [0.717, 1.165) is 82.7 Å². The molecule has 2 amide bonds. The lowest BCUT2D eigenvalue weighted by Crippen LogP contribution is -2.48. The number of morpholine rings is 1. The minimum atomic E-state index is -0.0775. The second kappa shape index (κ2) is 16.8. The van der Waals surface area contributed by atoms with Crippen LogP contribution in [0.1, 0.15) is 16.7 Å². The first kappa shape index (κ1) is 37.0. The number of fused-ring (bicyclic) bond motifs is 1. The first-order valence-corrected chi connectivity index (χ1v) is 19.1. The third-order valence-electron chi connectivity index (χ3n) is 10.6. The molecule has 0 unspecified atom stereocenters. The fourth-order valence-electron chi connectivity index (χ4n) is 7.31. The van der Waals surface area contributed by atoms with Gasteiger partial charge in [0.05, 0.1) is 33.1 Å². The molecule has 1 N–H and O–H groups in total. The number of likely N-dealkylation sites (N-methyl/N-ethyl adjacent to an activating group) is 1. The standard InChI is InChI=1S/C42H48N10O4/c1-48-17-19-50(20-18-48)42(53)45-33-5-4-6-34(25-33)52-16-15-37-38(46-41(47-39(37)52)49-21-23-56-24-22-49)32-26-43-40(44-27-32)51(28-30-7-11-35(54-2)12-8-30)29-31-9-13-36(55-3)14-10-31/h4-14,25-27H,15-24,28-29H2,1-3H3,(H,45,53). The van der Waals surface area contributed by atoms with E-state index in [-0.39, 0.29) is 6.03 Å². The molecule has 3 aliphatic rings. The molecular weight excluding hydrogens is 709 g/mol. The topological polar surface area (TPSA) is 125 Å². The molecular formula is C42H48N10O4. The molecule has 14 nitrogen and oxygen atoms in total. The van der Waals surface area contributed by atoms with Gasteiger partial charge in [-0.3, -0.25) is 0 Å². The van der Waals surface area contributed by atoms with Crippen molar-refractivity contribution >= 4 is 35.1 Å². The maximum atomic E-state index is 13.1. The molecule has 5 aromatic rings. The van der Waals surface area contributed by atoms with Crippen LogP contribution in [0.5, 0.6) is 11.5 Å². The van der Waals surface area contributed by atoms with Crippen LogP contribution in [-0.4, -0.2) is 116 Å². The van der Waals surface area contributed by atoms with E-state index >= 15 is 0 Å². The third kappa shape index (κ3) is 8.31. The average Bonchev–Trinajstić information content (AvgIpc) is 3.69.